The molecule has 2 heterocycles. The second-order valence-corrected chi connectivity index (χ2v) is 5.41. The molecule has 118 valence electrons. The van der Waals surface area contributed by atoms with Crippen LogP contribution < -0.4 is 5.32 Å². The van der Waals surface area contributed by atoms with Crippen molar-refractivity contribution >= 4 is 5.95 Å². The van der Waals surface area contributed by atoms with Gasteiger partial charge in [0.2, 0.25) is 5.95 Å². The number of likely N-dealkylation sites (N-methyl/N-ethyl adjacent to an activating group) is 1. The van der Waals surface area contributed by atoms with Crippen LogP contribution in [0.4, 0.5) is 19.1 Å². The minimum atomic E-state index is -4.44. The van der Waals surface area contributed by atoms with Crippen molar-refractivity contribution in [3.05, 3.63) is 18.0 Å². The van der Waals surface area contributed by atoms with Gasteiger partial charge in [0.1, 0.15) is 5.69 Å². The van der Waals surface area contributed by atoms with Crippen molar-refractivity contribution in [1.82, 2.24) is 19.8 Å². The molecule has 1 N–H and O–H groups in total. The normalized spacial score (nSPS) is 19.5. The molecule has 0 aliphatic carbocycles. The number of rotatable bonds is 4. The van der Waals surface area contributed by atoms with Gasteiger partial charge in [0.25, 0.3) is 0 Å². The molecule has 0 radical (unpaired) electrons. The fourth-order valence-electron chi connectivity index (χ4n) is 2.27. The van der Waals surface area contributed by atoms with E-state index in [4.69, 9.17) is 0 Å². The third kappa shape index (κ3) is 4.82. The molecule has 1 fully saturated rings. The SMILES string of the molecule is CC(CN1CCN(C)CC1)Nc1nccc(C(F)(F)F)n1. The molecular weight excluding hydrogens is 283 g/mol. The Balaban J connectivity index is 1.89. The lowest BCUT2D eigenvalue weighted by Crippen LogP contribution is -2.47. The first-order valence-electron chi connectivity index (χ1n) is 6.92. The summed E-state index contributed by atoms with van der Waals surface area (Å²) in [7, 11) is 2.08. The number of hydrogen-bond donors (Lipinski definition) is 1. The van der Waals surface area contributed by atoms with E-state index in [2.05, 4.69) is 32.1 Å². The van der Waals surface area contributed by atoms with Gasteiger partial charge in [-0.2, -0.15) is 13.2 Å². The lowest BCUT2D eigenvalue weighted by Gasteiger charge is -2.34. The highest BCUT2D eigenvalue weighted by molar-refractivity contribution is 5.27. The van der Waals surface area contributed by atoms with Gasteiger partial charge in [-0.15, -0.1) is 0 Å². The van der Waals surface area contributed by atoms with Gasteiger partial charge < -0.3 is 10.2 Å². The van der Waals surface area contributed by atoms with Crippen LogP contribution in [0.2, 0.25) is 0 Å². The lowest BCUT2D eigenvalue weighted by atomic mass is 10.2. The van der Waals surface area contributed by atoms with Gasteiger partial charge in [-0.3, -0.25) is 4.90 Å². The lowest BCUT2D eigenvalue weighted by molar-refractivity contribution is -0.141. The Kier molecular flexibility index (Phi) is 5.00. The van der Waals surface area contributed by atoms with Crippen LogP contribution >= 0.6 is 0 Å². The van der Waals surface area contributed by atoms with E-state index in [1.54, 1.807) is 0 Å². The molecule has 2 rings (SSSR count). The number of anilines is 1. The van der Waals surface area contributed by atoms with Crippen LogP contribution in [-0.4, -0.2) is 65.6 Å². The number of alkyl halides is 3. The van der Waals surface area contributed by atoms with Gasteiger partial charge >= 0.3 is 6.18 Å². The smallest absolute Gasteiger partial charge is 0.350 e. The van der Waals surface area contributed by atoms with Crippen LogP contribution in [-0.2, 0) is 6.18 Å². The summed E-state index contributed by atoms with van der Waals surface area (Å²) < 4.78 is 37.8. The van der Waals surface area contributed by atoms with Gasteiger partial charge in [0.15, 0.2) is 0 Å². The summed E-state index contributed by atoms with van der Waals surface area (Å²) in [6, 6.07) is 0.855. The Morgan fingerprint density at radius 2 is 1.95 bits per heavy atom. The molecule has 21 heavy (non-hydrogen) atoms. The molecule has 0 saturated carbocycles. The van der Waals surface area contributed by atoms with Gasteiger partial charge in [-0.25, -0.2) is 9.97 Å². The average Bonchev–Trinajstić information content (AvgIpc) is 2.41. The molecule has 1 unspecified atom stereocenters. The molecule has 1 aromatic rings. The molecule has 5 nitrogen and oxygen atoms in total. The van der Waals surface area contributed by atoms with Crippen molar-refractivity contribution in [2.45, 2.75) is 19.1 Å². The van der Waals surface area contributed by atoms with Crippen LogP contribution in [0.1, 0.15) is 12.6 Å². The highest BCUT2D eigenvalue weighted by Gasteiger charge is 2.32. The Bertz CT molecular complexity index is 457. The molecule has 8 heteroatoms. The zero-order chi connectivity index (χ0) is 15.5. The number of hydrogen-bond acceptors (Lipinski definition) is 5. The van der Waals surface area contributed by atoms with E-state index in [0.29, 0.717) is 0 Å². The highest BCUT2D eigenvalue weighted by Crippen LogP contribution is 2.27. The third-order valence-electron chi connectivity index (χ3n) is 3.45. The summed E-state index contributed by atoms with van der Waals surface area (Å²) >= 11 is 0. The topological polar surface area (TPSA) is 44.3 Å². The fourth-order valence-corrected chi connectivity index (χ4v) is 2.27. The molecule has 0 bridgehead atoms. The van der Waals surface area contributed by atoms with Crippen molar-refractivity contribution in [2.24, 2.45) is 0 Å². The maximum Gasteiger partial charge on any atom is 0.433 e. The van der Waals surface area contributed by atoms with E-state index in [0.717, 1.165) is 45.0 Å². The van der Waals surface area contributed by atoms with Crippen molar-refractivity contribution in [3.63, 3.8) is 0 Å². The van der Waals surface area contributed by atoms with Crippen LogP contribution in [0.5, 0.6) is 0 Å². The minimum absolute atomic E-state index is 0.0168. The van der Waals surface area contributed by atoms with Crippen LogP contribution in [0.25, 0.3) is 0 Å². The van der Waals surface area contributed by atoms with E-state index < -0.39 is 11.9 Å². The van der Waals surface area contributed by atoms with E-state index in [-0.39, 0.29) is 12.0 Å². The molecule has 1 aromatic heterocycles. The molecule has 1 aliphatic rings. The molecular formula is C13H20F3N5. The van der Waals surface area contributed by atoms with E-state index in [1.807, 2.05) is 6.92 Å². The Labute approximate surface area is 122 Å². The van der Waals surface area contributed by atoms with E-state index in [1.165, 1.54) is 0 Å². The first-order chi connectivity index (χ1) is 9.84. The summed E-state index contributed by atoms with van der Waals surface area (Å²) in [4.78, 5) is 11.9. The first-order valence-corrected chi connectivity index (χ1v) is 6.92. The van der Waals surface area contributed by atoms with Gasteiger partial charge in [0.05, 0.1) is 0 Å². The van der Waals surface area contributed by atoms with Crippen molar-refractivity contribution in [2.75, 3.05) is 45.1 Å². The first kappa shape index (κ1) is 16.0. The minimum Gasteiger partial charge on any atom is -0.350 e. The summed E-state index contributed by atoms with van der Waals surface area (Å²) in [5.74, 6) is 0.0199. The monoisotopic (exact) mass is 303 g/mol. The van der Waals surface area contributed by atoms with E-state index >= 15 is 0 Å². The van der Waals surface area contributed by atoms with Crippen LogP contribution in [0, 0.1) is 0 Å². The summed E-state index contributed by atoms with van der Waals surface area (Å²) in [6.07, 6.45) is -3.32. The maximum atomic E-state index is 12.6. The predicted octanol–water partition coefficient (Wildman–Crippen LogP) is 1.54. The Hall–Kier alpha value is -1.41. The predicted molar refractivity (Wildman–Crippen MR) is 74.1 cm³/mol. The van der Waals surface area contributed by atoms with E-state index in [9.17, 15) is 13.2 Å². The summed E-state index contributed by atoms with van der Waals surface area (Å²) in [5, 5.41) is 2.94. The summed E-state index contributed by atoms with van der Waals surface area (Å²) in [5.41, 5.74) is -0.924. The fraction of sp³-hybridized carbons (Fsp3) is 0.692. The average molecular weight is 303 g/mol. The molecule has 1 aliphatic heterocycles. The number of halogens is 3. The number of aromatic nitrogens is 2. The Morgan fingerprint density at radius 3 is 2.57 bits per heavy atom. The molecule has 0 spiro atoms. The van der Waals surface area contributed by atoms with Crippen molar-refractivity contribution < 1.29 is 13.2 Å². The Morgan fingerprint density at radius 1 is 1.29 bits per heavy atom. The standard InChI is InChI=1S/C13H20F3N5/c1-10(9-21-7-5-20(2)6-8-21)18-12-17-4-3-11(19-12)13(14,15)16/h3-4,10H,5-9H2,1-2H3,(H,17,18,19). The molecule has 0 amide bonds. The molecule has 0 aromatic carbocycles. The van der Waals surface area contributed by atoms with Crippen LogP contribution in [0.15, 0.2) is 12.3 Å². The van der Waals surface area contributed by atoms with Crippen molar-refractivity contribution in [1.29, 1.82) is 0 Å². The van der Waals surface area contributed by atoms with Gasteiger partial charge in [-0.1, -0.05) is 0 Å². The van der Waals surface area contributed by atoms with Gasteiger partial charge in [-0.05, 0) is 20.0 Å². The highest BCUT2D eigenvalue weighted by atomic mass is 19.4. The van der Waals surface area contributed by atoms with Gasteiger partial charge in [0, 0.05) is 45.0 Å². The third-order valence-corrected chi connectivity index (χ3v) is 3.45. The number of piperazine rings is 1. The second kappa shape index (κ2) is 6.57. The van der Waals surface area contributed by atoms with Crippen molar-refractivity contribution in [3.8, 4) is 0 Å². The maximum absolute atomic E-state index is 12.6. The van der Waals surface area contributed by atoms with Crippen LogP contribution in [0.3, 0.4) is 0 Å². The molecule has 1 saturated heterocycles. The number of nitrogens with zero attached hydrogens (tertiary/aromatic N) is 4. The summed E-state index contributed by atoms with van der Waals surface area (Å²) in [6.45, 7) is 6.62. The molecule has 1 atom stereocenters. The largest absolute Gasteiger partial charge is 0.433 e. The second-order valence-electron chi connectivity index (χ2n) is 5.41. The zero-order valence-electron chi connectivity index (χ0n) is 12.2. The zero-order valence-corrected chi connectivity index (χ0v) is 12.2. The quantitative estimate of drug-likeness (QED) is 0.914. The number of nitrogens with one attached hydrogen (secondary N) is 1.